The quantitative estimate of drug-likeness (QED) is 0.174. The van der Waals surface area contributed by atoms with Crippen LogP contribution in [0.5, 0.6) is 11.5 Å². The van der Waals surface area contributed by atoms with Crippen molar-refractivity contribution in [2.45, 2.75) is 19.5 Å². The first kappa shape index (κ1) is 29.3. The molecule has 0 radical (unpaired) electrons. The molecular formula is C26H29Cl2N7O4. The third-order valence-electron chi connectivity index (χ3n) is 5.55. The molecule has 3 amide bonds. The van der Waals surface area contributed by atoms with Crippen molar-refractivity contribution in [2.24, 2.45) is 0 Å². The molecule has 2 aromatic carbocycles. The first-order valence-electron chi connectivity index (χ1n) is 11.7. The molecule has 0 saturated carbocycles. The monoisotopic (exact) mass is 573 g/mol. The maximum absolute atomic E-state index is 12.3. The number of rotatable bonds is 9. The second-order valence-electron chi connectivity index (χ2n) is 8.12. The lowest BCUT2D eigenvalue weighted by Crippen LogP contribution is -2.31. The summed E-state index contributed by atoms with van der Waals surface area (Å²) in [5.41, 5.74) is 2.60. The highest BCUT2D eigenvalue weighted by atomic mass is 35.5. The van der Waals surface area contributed by atoms with Crippen LogP contribution in [0.1, 0.15) is 24.1 Å². The summed E-state index contributed by atoms with van der Waals surface area (Å²) in [6.45, 7) is 2.35. The molecule has 13 heteroatoms. The van der Waals surface area contributed by atoms with Gasteiger partial charge in [0.05, 0.1) is 41.2 Å². The fraction of sp³-hybridized carbons (Fsp3) is 0.231. The Balaban J connectivity index is 0.000000272. The van der Waals surface area contributed by atoms with Gasteiger partial charge in [0, 0.05) is 25.9 Å². The predicted octanol–water partition coefficient (Wildman–Crippen LogP) is 5.14. The Morgan fingerprint density at radius 2 is 1.77 bits per heavy atom. The fourth-order valence-corrected chi connectivity index (χ4v) is 3.91. The van der Waals surface area contributed by atoms with E-state index in [0.29, 0.717) is 46.1 Å². The number of carbonyl (C=O) groups excluding carboxylic acids is 2. The van der Waals surface area contributed by atoms with E-state index >= 15 is 0 Å². The lowest BCUT2D eigenvalue weighted by Gasteiger charge is -2.16. The van der Waals surface area contributed by atoms with Crippen LogP contribution in [0.15, 0.2) is 48.7 Å². The van der Waals surface area contributed by atoms with Gasteiger partial charge in [0.2, 0.25) is 6.41 Å². The molecule has 0 spiro atoms. The highest BCUT2D eigenvalue weighted by Crippen LogP contribution is 2.28. The van der Waals surface area contributed by atoms with Crippen LogP contribution < -0.4 is 30.7 Å². The number of aromatic amines is 1. The lowest BCUT2D eigenvalue weighted by molar-refractivity contribution is -0.109. The van der Waals surface area contributed by atoms with Crippen LogP contribution >= 0.6 is 23.2 Å². The minimum Gasteiger partial charge on any atom is -0.495 e. The van der Waals surface area contributed by atoms with E-state index in [1.165, 1.54) is 0 Å². The molecule has 0 aliphatic rings. The molecule has 2 heterocycles. The molecule has 2 aromatic heterocycles. The van der Waals surface area contributed by atoms with Crippen molar-refractivity contribution in [1.29, 1.82) is 0 Å². The summed E-state index contributed by atoms with van der Waals surface area (Å²) >= 11 is 11.8. The number of nitrogens with one attached hydrogen (secondary N) is 5. The number of nitrogens with zero attached hydrogens (tertiary/aromatic N) is 2. The van der Waals surface area contributed by atoms with Gasteiger partial charge in [-0.15, -0.1) is 0 Å². The molecule has 5 N–H and O–H groups in total. The zero-order valence-corrected chi connectivity index (χ0v) is 23.3. The van der Waals surface area contributed by atoms with Crippen molar-refractivity contribution >= 4 is 58.2 Å². The lowest BCUT2D eigenvalue weighted by atomic mass is 10.1. The smallest absolute Gasteiger partial charge is 0.320 e. The zero-order chi connectivity index (χ0) is 28.4. The summed E-state index contributed by atoms with van der Waals surface area (Å²) < 4.78 is 10.2. The molecule has 1 atom stereocenters. The average molecular weight is 574 g/mol. The van der Waals surface area contributed by atoms with Gasteiger partial charge in [-0.3, -0.25) is 15.2 Å². The molecule has 0 bridgehead atoms. The van der Waals surface area contributed by atoms with Crippen molar-refractivity contribution in [3.05, 3.63) is 69.8 Å². The van der Waals surface area contributed by atoms with Crippen LogP contribution in [0.3, 0.4) is 0 Å². The van der Waals surface area contributed by atoms with Gasteiger partial charge in [0.15, 0.2) is 5.82 Å². The standard InChI is InChI=1S/C17H19ClN6O2.C9H10ClNO2/c1-9(10-4-5-12(18)14(6-10)26-3)21-17(25)22-15-7-13-11(8-20-15)16(19-2)24-23-13;1-13-9-4-7(5-11-6-12)2-3-8(9)10/h4-9H,1-3H3,(H2,19,23,24)(H2,20,21,22,25);2-4,6H,5H2,1H3,(H,11,12). The van der Waals surface area contributed by atoms with E-state index in [1.54, 1.807) is 57.8 Å². The number of hydrogen-bond donors (Lipinski definition) is 5. The van der Waals surface area contributed by atoms with E-state index in [0.717, 1.165) is 22.0 Å². The summed E-state index contributed by atoms with van der Waals surface area (Å²) in [6.07, 6.45) is 2.30. The number of fused-ring (bicyclic) bond motifs is 1. The van der Waals surface area contributed by atoms with Crippen LogP contribution in [-0.4, -0.2) is 48.9 Å². The van der Waals surface area contributed by atoms with Gasteiger partial charge in [0.1, 0.15) is 17.3 Å². The minimum absolute atomic E-state index is 0.243. The molecule has 4 aromatic rings. The molecule has 1 unspecified atom stereocenters. The Hall–Kier alpha value is -4.22. The second kappa shape index (κ2) is 14.1. The number of H-pyrrole nitrogens is 1. The number of pyridine rings is 1. The van der Waals surface area contributed by atoms with E-state index in [1.807, 2.05) is 19.1 Å². The van der Waals surface area contributed by atoms with Gasteiger partial charge < -0.3 is 25.4 Å². The number of amides is 3. The average Bonchev–Trinajstić information content (AvgIpc) is 3.35. The normalized spacial score (nSPS) is 11.0. The summed E-state index contributed by atoms with van der Waals surface area (Å²) in [4.78, 5) is 26.5. The third-order valence-corrected chi connectivity index (χ3v) is 6.18. The van der Waals surface area contributed by atoms with E-state index in [9.17, 15) is 9.59 Å². The van der Waals surface area contributed by atoms with Gasteiger partial charge >= 0.3 is 6.03 Å². The summed E-state index contributed by atoms with van der Waals surface area (Å²) in [5, 5.41) is 20.0. The Labute approximate surface area is 235 Å². The highest BCUT2D eigenvalue weighted by molar-refractivity contribution is 6.32. The minimum atomic E-state index is -0.369. The molecule has 39 heavy (non-hydrogen) atoms. The van der Waals surface area contributed by atoms with Crippen molar-refractivity contribution < 1.29 is 19.1 Å². The number of hydrogen-bond acceptors (Lipinski definition) is 7. The van der Waals surface area contributed by atoms with Crippen molar-refractivity contribution in [2.75, 3.05) is 31.9 Å². The number of anilines is 2. The molecule has 0 saturated heterocycles. The number of urea groups is 1. The van der Waals surface area contributed by atoms with Crippen LogP contribution in [-0.2, 0) is 11.3 Å². The maximum Gasteiger partial charge on any atom is 0.320 e. The van der Waals surface area contributed by atoms with Crippen LogP contribution in [0.2, 0.25) is 10.0 Å². The van der Waals surface area contributed by atoms with Gasteiger partial charge in [-0.1, -0.05) is 35.3 Å². The molecular weight excluding hydrogens is 545 g/mol. The zero-order valence-electron chi connectivity index (χ0n) is 21.8. The van der Waals surface area contributed by atoms with Gasteiger partial charge in [-0.05, 0) is 42.3 Å². The van der Waals surface area contributed by atoms with Crippen molar-refractivity contribution in [3.8, 4) is 11.5 Å². The molecule has 0 fully saturated rings. The maximum atomic E-state index is 12.3. The Morgan fingerprint density at radius 1 is 1.08 bits per heavy atom. The third kappa shape index (κ3) is 7.88. The summed E-state index contributed by atoms with van der Waals surface area (Å²) in [6, 6.07) is 11.8. The van der Waals surface area contributed by atoms with Gasteiger partial charge in [-0.25, -0.2) is 9.78 Å². The Morgan fingerprint density at radius 3 is 2.44 bits per heavy atom. The first-order chi connectivity index (χ1) is 18.8. The van der Waals surface area contributed by atoms with Crippen molar-refractivity contribution in [1.82, 2.24) is 25.8 Å². The number of ether oxygens (including phenoxy) is 2. The van der Waals surface area contributed by atoms with Crippen molar-refractivity contribution in [3.63, 3.8) is 0 Å². The first-order valence-corrected chi connectivity index (χ1v) is 12.5. The van der Waals surface area contributed by atoms with Crippen LogP contribution in [0, 0.1) is 0 Å². The number of halogens is 2. The van der Waals surface area contributed by atoms with Crippen LogP contribution in [0.25, 0.3) is 10.9 Å². The SMILES string of the molecule is CNc1n[nH]c2cc(NC(=O)NC(C)c3ccc(Cl)c(OC)c3)ncc12.COc1cc(CNC=O)ccc1Cl. The number of methoxy groups -OCH3 is 2. The number of benzene rings is 2. The highest BCUT2D eigenvalue weighted by Gasteiger charge is 2.13. The van der Waals surface area contributed by atoms with Gasteiger partial charge in [0.25, 0.3) is 0 Å². The Kier molecular flexibility index (Phi) is 10.6. The number of aromatic nitrogens is 3. The number of carbonyl (C=O) groups is 2. The van der Waals surface area contributed by atoms with E-state index in [-0.39, 0.29) is 12.1 Å². The predicted molar refractivity (Wildman–Crippen MR) is 153 cm³/mol. The largest absolute Gasteiger partial charge is 0.495 e. The second-order valence-corrected chi connectivity index (χ2v) is 8.93. The molecule has 4 rings (SSSR count). The molecule has 0 aliphatic carbocycles. The van der Waals surface area contributed by atoms with E-state index in [2.05, 4.69) is 36.4 Å². The topological polar surface area (TPSA) is 142 Å². The molecule has 11 nitrogen and oxygen atoms in total. The fourth-order valence-electron chi connectivity index (χ4n) is 3.52. The molecule has 0 aliphatic heterocycles. The summed E-state index contributed by atoms with van der Waals surface area (Å²) in [7, 11) is 4.88. The van der Waals surface area contributed by atoms with Crippen LogP contribution in [0.4, 0.5) is 16.4 Å². The molecule has 206 valence electrons. The summed E-state index contributed by atoms with van der Waals surface area (Å²) in [5.74, 6) is 2.30. The van der Waals surface area contributed by atoms with E-state index in [4.69, 9.17) is 32.7 Å². The Bertz CT molecular complexity index is 1430. The van der Waals surface area contributed by atoms with Gasteiger partial charge in [-0.2, -0.15) is 5.10 Å². The van der Waals surface area contributed by atoms with E-state index < -0.39 is 0 Å².